The zero-order chi connectivity index (χ0) is 25.1. The zero-order valence-corrected chi connectivity index (χ0v) is 21.1. The Morgan fingerprint density at radius 1 is 1.03 bits per heavy atom. The van der Waals surface area contributed by atoms with Gasteiger partial charge in [-0.2, -0.15) is 0 Å². The number of hydrogen-bond acceptors (Lipinski definition) is 5. The normalized spacial score (nSPS) is 14.5. The molecule has 186 valence electrons. The van der Waals surface area contributed by atoms with Crippen LogP contribution in [-0.2, 0) is 16.0 Å². The van der Waals surface area contributed by atoms with E-state index in [9.17, 15) is 14.7 Å². The Kier molecular flexibility index (Phi) is 7.13. The van der Waals surface area contributed by atoms with Crippen LogP contribution < -0.4 is 14.8 Å². The van der Waals surface area contributed by atoms with E-state index in [1.165, 1.54) is 0 Å². The lowest BCUT2D eigenvalue weighted by Gasteiger charge is -2.23. The molecular formula is C28H26BrNO6. The second-order valence-corrected chi connectivity index (χ2v) is 9.76. The highest BCUT2D eigenvalue weighted by atomic mass is 79.9. The standard InChI is InChI=1S/C28H26BrNO6/c29-24-14-17(15-25-27(24)35-12-11-34-25)13-18(9-10-26(31)32)30-28(33)36-16-23-21-7-3-1-5-19(21)20-6-2-4-8-22(20)23/h1-8,14-15,18,23H,9-13,16H2,(H,30,33)(H,31,32). The van der Waals surface area contributed by atoms with Crippen molar-refractivity contribution in [2.45, 2.75) is 31.2 Å². The summed E-state index contributed by atoms with van der Waals surface area (Å²) in [5.41, 5.74) is 5.47. The summed E-state index contributed by atoms with van der Waals surface area (Å²) in [6.45, 7) is 1.14. The minimum absolute atomic E-state index is 0.0469. The van der Waals surface area contributed by atoms with Crippen molar-refractivity contribution in [3.05, 3.63) is 81.8 Å². The predicted molar refractivity (Wildman–Crippen MR) is 138 cm³/mol. The molecule has 1 amide bonds. The quantitative estimate of drug-likeness (QED) is 0.382. The number of nitrogens with one attached hydrogen (secondary N) is 1. The van der Waals surface area contributed by atoms with Crippen LogP contribution in [0.4, 0.5) is 4.79 Å². The molecule has 3 aromatic carbocycles. The molecule has 0 fully saturated rings. The van der Waals surface area contributed by atoms with Crippen LogP contribution in [-0.4, -0.2) is 43.0 Å². The SMILES string of the molecule is O=C(O)CCC(Cc1cc(Br)c2c(c1)OCCO2)NC(=O)OCC1c2ccccc2-c2ccccc21. The van der Waals surface area contributed by atoms with E-state index in [-0.39, 0.29) is 25.4 Å². The Morgan fingerprint density at radius 3 is 2.39 bits per heavy atom. The second kappa shape index (κ2) is 10.6. The van der Waals surface area contributed by atoms with Crippen molar-refractivity contribution >= 4 is 28.0 Å². The number of carbonyl (C=O) groups is 2. The lowest BCUT2D eigenvalue weighted by molar-refractivity contribution is -0.137. The topological polar surface area (TPSA) is 94.1 Å². The average molecular weight is 552 g/mol. The van der Waals surface area contributed by atoms with E-state index in [2.05, 4.69) is 45.5 Å². The van der Waals surface area contributed by atoms with Gasteiger partial charge in [-0.15, -0.1) is 0 Å². The number of hydrogen-bond donors (Lipinski definition) is 2. The molecule has 1 aliphatic carbocycles. The van der Waals surface area contributed by atoms with E-state index in [1.807, 2.05) is 36.4 Å². The lowest BCUT2D eigenvalue weighted by Crippen LogP contribution is -2.38. The highest BCUT2D eigenvalue weighted by Crippen LogP contribution is 2.44. The van der Waals surface area contributed by atoms with Gasteiger partial charge >= 0.3 is 12.1 Å². The molecular weight excluding hydrogens is 526 g/mol. The molecule has 3 aromatic rings. The molecule has 1 heterocycles. The van der Waals surface area contributed by atoms with Gasteiger partial charge in [-0.1, -0.05) is 48.5 Å². The summed E-state index contributed by atoms with van der Waals surface area (Å²) in [4.78, 5) is 24.1. The molecule has 0 saturated heterocycles. The molecule has 2 N–H and O–H groups in total. The lowest BCUT2D eigenvalue weighted by atomic mass is 9.98. The van der Waals surface area contributed by atoms with Crippen molar-refractivity contribution in [3.8, 4) is 22.6 Å². The monoisotopic (exact) mass is 551 g/mol. The Labute approximate surface area is 217 Å². The van der Waals surface area contributed by atoms with Gasteiger partial charge in [-0.3, -0.25) is 4.79 Å². The number of ether oxygens (including phenoxy) is 3. The summed E-state index contributed by atoms with van der Waals surface area (Å²) in [6.07, 6.45) is 0.0575. The molecule has 7 nitrogen and oxygen atoms in total. The zero-order valence-electron chi connectivity index (χ0n) is 19.5. The molecule has 0 saturated carbocycles. The van der Waals surface area contributed by atoms with Gasteiger partial charge in [-0.25, -0.2) is 4.79 Å². The van der Waals surface area contributed by atoms with Crippen LogP contribution >= 0.6 is 15.9 Å². The summed E-state index contributed by atoms with van der Waals surface area (Å²) >= 11 is 3.51. The van der Waals surface area contributed by atoms with Crippen LogP contribution in [0.1, 0.15) is 35.4 Å². The summed E-state index contributed by atoms with van der Waals surface area (Å²) < 4.78 is 17.8. The molecule has 2 aliphatic rings. The van der Waals surface area contributed by atoms with Gasteiger partial charge in [0.2, 0.25) is 0 Å². The van der Waals surface area contributed by atoms with Crippen LogP contribution in [0.2, 0.25) is 0 Å². The maximum atomic E-state index is 12.8. The predicted octanol–water partition coefficient (Wildman–Crippen LogP) is 5.53. The first-order chi connectivity index (χ1) is 17.5. The third-order valence-corrected chi connectivity index (χ3v) is 7.10. The minimum atomic E-state index is -0.919. The number of carbonyl (C=O) groups excluding carboxylic acids is 1. The van der Waals surface area contributed by atoms with Gasteiger partial charge in [0, 0.05) is 18.4 Å². The number of carboxylic acid groups (broad SMARTS) is 1. The smallest absolute Gasteiger partial charge is 0.407 e. The van der Waals surface area contributed by atoms with Crippen molar-refractivity contribution in [1.82, 2.24) is 5.32 Å². The van der Waals surface area contributed by atoms with Gasteiger partial charge in [0.1, 0.15) is 19.8 Å². The fraction of sp³-hybridized carbons (Fsp3) is 0.286. The number of rotatable bonds is 8. The van der Waals surface area contributed by atoms with Gasteiger partial charge in [-0.05, 0) is 68.7 Å². The number of halogens is 1. The number of amides is 1. The van der Waals surface area contributed by atoms with Gasteiger partial charge in [0.05, 0.1) is 4.47 Å². The number of alkyl carbamates (subject to hydrolysis) is 1. The first-order valence-electron chi connectivity index (χ1n) is 11.9. The Balaban J connectivity index is 1.27. The number of carboxylic acids is 1. The van der Waals surface area contributed by atoms with Crippen molar-refractivity contribution in [3.63, 3.8) is 0 Å². The van der Waals surface area contributed by atoms with E-state index in [0.29, 0.717) is 31.1 Å². The van der Waals surface area contributed by atoms with Crippen LogP contribution in [0.3, 0.4) is 0 Å². The van der Waals surface area contributed by atoms with Crippen molar-refractivity contribution < 1.29 is 28.9 Å². The van der Waals surface area contributed by atoms with E-state index < -0.39 is 18.1 Å². The fourth-order valence-corrected chi connectivity index (χ4v) is 5.50. The number of aliphatic carboxylic acids is 1. The Morgan fingerprint density at radius 2 is 1.69 bits per heavy atom. The van der Waals surface area contributed by atoms with Crippen molar-refractivity contribution in [1.29, 1.82) is 0 Å². The first-order valence-corrected chi connectivity index (χ1v) is 12.7. The summed E-state index contributed by atoms with van der Waals surface area (Å²) in [6, 6.07) is 19.6. The van der Waals surface area contributed by atoms with Gasteiger partial charge in [0.15, 0.2) is 11.5 Å². The van der Waals surface area contributed by atoms with Gasteiger partial charge in [0.25, 0.3) is 0 Å². The number of fused-ring (bicyclic) bond motifs is 4. The van der Waals surface area contributed by atoms with E-state index in [1.54, 1.807) is 0 Å². The number of benzene rings is 3. The van der Waals surface area contributed by atoms with Crippen molar-refractivity contribution in [2.24, 2.45) is 0 Å². The molecule has 1 unspecified atom stereocenters. The molecule has 1 aliphatic heterocycles. The average Bonchev–Trinajstić information content (AvgIpc) is 3.20. The largest absolute Gasteiger partial charge is 0.486 e. The third-order valence-electron chi connectivity index (χ3n) is 6.51. The highest BCUT2D eigenvalue weighted by Gasteiger charge is 2.29. The first kappa shape index (κ1) is 24.2. The summed E-state index contributed by atoms with van der Waals surface area (Å²) in [7, 11) is 0. The molecule has 36 heavy (non-hydrogen) atoms. The van der Waals surface area contributed by atoms with E-state index in [0.717, 1.165) is 32.3 Å². The summed E-state index contributed by atoms with van der Waals surface area (Å²) in [5.74, 6) is 0.312. The maximum absolute atomic E-state index is 12.8. The fourth-order valence-electron chi connectivity index (χ4n) is 4.90. The van der Waals surface area contributed by atoms with Crippen LogP contribution in [0.15, 0.2) is 65.1 Å². The van der Waals surface area contributed by atoms with Crippen LogP contribution in [0.5, 0.6) is 11.5 Å². The maximum Gasteiger partial charge on any atom is 0.407 e. The van der Waals surface area contributed by atoms with Crippen molar-refractivity contribution in [2.75, 3.05) is 19.8 Å². The van der Waals surface area contributed by atoms with E-state index >= 15 is 0 Å². The van der Waals surface area contributed by atoms with Gasteiger partial charge < -0.3 is 24.6 Å². The molecule has 0 aromatic heterocycles. The van der Waals surface area contributed by atoms with E-state index in [4.69, 9.17) is 14.2 Å². The van der Waals surface area contributed by atoms with Crippen LogP contribution in [0.25, 0.3) is 11.1 Å². The molecule has 0 radical (unpaired) electrons. The van der Waals surface area contributed by atoms with Crippen LogP contribution in [0, 0.1) is 0 Å². The molecule has 0 spiro atoms. The highest BCUT2D eigenvalue weighted by molar-refractivity contribution is 9.10. The molecule has 0 bridgehead atoms. The Bertz CT molecular complexity index is 1250. The molecule has 5 rings (SSSR count). The Hall–Kier alpha value is -3.52. The third kappa shape index (κ3) is 5.18. The summed E-state index contributed by atoms with van der Waals surface area (Å²) in [5, 5.41) is 12.1. The molecule has 1 atom stereocenters. The minimum Gasteiger partial charge on any atom is -0.486 e. The molecule has 8 heteroatoms. The second-order valence-electron chi connectivity index (χ2n) is 8.91.